The molecule has 2 rings (SSSR count). The molecule has 0 saturated carbocycles. The van der Waals surface area contributed by atoms with Crippen molar-refractivity contribution in [1.82, 2.24) is 15.3 Å². The van der Waals surface area contributed by atoms with Crippen molar-refractivity contribution >= 4 is 5.91 Å². The minimum absolute atomic E-state index is 0.137. The first-order valence-electron chi connectivity index (χ1n) is 7.15. The van der Waals surface area contributed by atoms with Gasteiger partial charge >= 0.3 is 6.18 Å². The number of nitrogens with zero attached hydrogens (tertiary/aromatic N) is 1. The standard InChI is InChI=1S/C15H14F4N4O3/c1-14(20,15(17,18)19)13-22-9(10(24)12(26)23-13)11(25)21-6-7-2-4-8(16)5-3-7/h2-5,24H,6,20H2,1H3,(H,21,25)(H,22,23,26). The second-order valence-electron chi connectivity index (χ2n) is 5.62. The molecule has 1 atom stereocenters. The molecule has 11 heteroatoms. The SMILES string of the molecule is CC(N)(c1nc(C(=O)NCc2ccc(F)cc2)c(O)c(=O)[nH]1)C(F)(F)F. The van der Waals surface area contributed by atoms with Gasteiger partial charge in [-0.3, -0.25) is 9.59 Å². The molecule has 2 aromatic rings. The van der Waals surface area contributed by atoms with Crippen LogP contribution in [0.2, 0.25) is 0 Å². The lowest BCUT2D eigenvalue weighted by Gasteiger charge is -2.26. The molecule has 26 heavy (non-hydrogen) atoms. The number of amides is 1. The first-order chi connectivity index (χ1) is 11.9. The van der Waals surface area contributed by atoms with Gasteiger partial charge in [0.25, 0.3) is 11.5 Å². The number of aromatic amines is 1. The molecule has 0 aliphatic rings. The first kappa shape index (κ1) is 19.4. The Bertz CT molecular complexity index is 876. The monoisotopic (exact) mass is 374 g/mol. The van der Waals surface area contributed by atoms with E-state index in [2.05, 4.69) is 10.3 Å². The molecule has 1 heterocycles. The Morgan fingerprint density at radius 2 is 1.88 bits per heavy atom. The lowest BCUT2D eigenvalue weighted by molar-refractivity contribution is -0.186. The summed E-state index contributed by atoms with van der Waals surface area (Å²) < 4.78 is 51.8. The molecular formula is C15H14F4N4O3. The number of nitrogens with two attached hydrogens (primary N) is 1. The summed E-state index contributed by atoms with van der Waals surface area (Å²) in [5, 5.41) is 11.9. The van der Waals surface area contributed by atoms with Crippen molar-refractivity contribution in [3.8, 4) is 5.75 Å². The third-order valence-corrected chi connectivity index (χ3v) is 3.56. The highest BCUT2D eigenvalue weighted by atomic mass is 19.4. The summed E-state index contributed by atoms with van der Waals surface area (Å²) >= 11 is 0. The fraction of sp³-hybridized carbons (Fsp3) is 0.267. The Hall–Kier alpha value is -2.95. The second kappa shape index (κ2) is 6.75. The number of carbonyl (C=O) groups is 1. The first-order valence-corrected chi connectivity index (χ1v) is 7.15. The third kappa shape index (κ3) is 3.82. The second-order valence-corrected chi connectivity index (χ2v) is 5.62. The number of rotatable bonds is 4. The summed E-state index contributed by atoms with van der Waals surface area (Å²) in [6, 6.07) is 5.02. The van der Waals surface area contributed by atoms with Crippen LogP contribution in [-0.2, 0) is 12.1 Å². The lowest BCUT2D eigenvalue weighted by atomic mass is 10.0. The zero-order valence-corrected chi connectivity index (χ0v) is 13.3. The molecule has 0 saturated heterocycles. The van der Waals surface area contributed by atoms with Crippen LogP contribution in [0.4, 0.5) is 17.6 Å². The summed E-state index contributed by atoms with van der Waals surface area (Å²) in [6.07, 6.45) is -4.97. The molecular weight excluding hydrogens is 360 g/mol. The highest BCUT2D eigenvalue weighted by molar-refractivity contribution is 5.94. The van der Waals surface area contributed by atoms with Gasteiger partial charge in [-0.15, -0.1) is 0 Å². The molecule has 0 aliphatic heterocycles. The molecule has 1 amide bonds. The fourth-order valence-electron chi connectivity index (χ4n) is 1.87. The number of hydrogen-bond acceptors (Lipinski definition) is 5. The van der Waals surface area contributed by atoms with E-state index in [0.717, 1.165) is 12.1 Å². The third-order valence-electron chi connectivity index (χ3n) is 3.56. The molecule has 1 aromatic carbocycles. The Morgan fingerprint density at radius 3 is 2.42 bits per heavy atom. The van der Waals surface area contributed by atoms with Gasteiger partial charge in [0.15, 0.2) is 11.2 Å². The molecule has 1 unspecified atom stereocenters. The molecule has 0 fully saturated rings. The molecule has 0 spiro atoms. The normalized spacial score (nSPS) is 13.9. The van der Waals surface area contributed by atoms with Crippen LogP contribution in [-0.4, -0.2) is 27.2 Å². The maximum absolute atomic E-state index is 13.0. The molecule has 0 bridgehead atoms. The van der Waals surface area contributed by atoms with Crippen LogP contribution >= 0.6 is 0 Å². The lowest BCUT2D eigenvalue weighted by Crippen LogP contribution is -2.50. The maximum Gasteiger partial charge on any atom is 0.413 e. The average molecular weight is 374 g/mol. The molecule has 0 aliphatic carbocycles. The summed E-state index contributed by atoms with van der Waals surface area (Å²) in [5.74, 6) is -3.77. The predicted molar refractivity (Wildman–Crippen MR) is 81.7 cm³/mol. The van der Waals surface area contributed by atoms with Crippen LogP contribution in [0.15, 0.2) is 29.1 Å². The number of alkyl halides is 3. The van der Waals surface area contributed by atoms with Crippen molar-refractivity contribution in [3.05, 3.63) is 57.5 Å². The van der Waals surface area contributed by atoms with Crippen molar-refractivity contribution in [2.75, 3.05) is 0 Å². The number of halogens is 4. The number of nitrogens with one attached hydrogen (secondary N) is 2. The number of carbonyl (C=O) groups excluding carboxylic acids is 1. The zero-order chi connectivity index (χ0) is 19.7. The molecule has 0 radical (unpaired) electrons. The predicted octanol–water partition coefficient (Wildman–Crippen LogP) is 1.28. The van der Waals surface area contributed by atoms with E-state index in [0.29, 0.717) is 12.5 Å². The van der Waals surface area contributed by atoms with Crippen molar-refractivity contribution in [2.24, 2.45) is 5.73 Å². The van der Waals surface area contributed by atoms with Crippen LogP contribution in [0, 0.1) is 5.82 Å². The zero-order valence-electron chi connectivity index (χ0n) is 13.3. The van der Waals surface area contributed by atoms with E-state index < -0.39 is 46.3 Å². The van der Waals surface area contributed by atoms with Gasteiger partial charge in [0.2, 0.25) is 5.75 Å². The highest BCUT2D eigenvalue weighted by Gasteiger charge is 2.52. The van der Waals surface area contributed by atoms with Crippen molar-refractivity contribution in [2.45, 2.75) is 25.2 Å². The van der Waals surface area contributed by atoms with Crippen molar-refractivity contribution in [3.63, 3.8) is 0 Å². The number of aromatic hydroxyl groups is 1. The summed E-state index contributed by atoms with van der Waals surface area (Å²) in [5.41, 5.74) is 0.346. The van der Waals surface area contributed by atoms with E-state index in [1.807, 2.05) is 0 Å². The van der Waals surface area contributed by atoms with Crippen LogP contribution in [0.1, 0.15) is 28.8 Å². The molecule has 5 N–H and O–H groups in total. The highest BCUT2D eigenvalue weighted by Crippen LogP contribution is 2.34. The number of hydrogen-bond donors (Lipinski definition) is 4. The van der Waals surface area contributed by atoms with Gasteiger partial charge in [-0.1, -0.05) is 12.1 Å². The Balaban J connectivity index is 2.32. The number of benzene rings is 1. The smallest absolute Gasteiger partial charge is 0.413 e. The van der Waals surface area contributed by atoms with Gasteiger partial charge in [0.1, 0.15) is 11.6 Å². The van der Waals surface area contributed by atoms with Crippen molar-refractivity contribution in [1.29, 1.82) is 0 Å². The number of aromatic nitrogens is 2. The van der Waals surface area contributed by atoms with Gasteiger partial charge in [-0.05, 0) is 24.6 Å². The summed E-state index contributed by atoms with van der Waals surface area (Å²) in [4.78, 5) is 28.9. The van der Waals surface area contributed by atoms with E-state index in [1.54, 1.807) is 4.98 Å². The Kier molecular flexibility index (Phi) is 5.03. The maximum atomic E-state index is 13.0. The van der Waals surface area contributed by atoms with Gasteiger partial charge in [0.05, 0.1) is 0 Å². The molecule has 140 valence electrons. The summed E-state index contributed by atoms with van der Waals surface area (Å²) in [7, 11) is 0. The van der Waals surface area contributed by atoms with Gasteiger partial charge in [0, 0.05) is 6.54 Å². The fourth-order valence-corrected chi connectivity index (χ4v) is 1.87. The minimum Gasteiger partial charge on any atom is -0.501 e. The molecule has 7 nitrogen and oxygen atoms in total. The Morgan fingerprint density at radius 1 is 1.31 bits per heavy atom. The van der Waals surface area contributed by atoms with E-state index in [9.17, 15) is 32.3 Å². The Labute approximate surface area is 143 Å². The molecule has 1 aromatic heterocycles. The number of H-pyrrole nitrogens is 1. The van der Waals surface area contributed by atoms with Crippen LogP contribution < -0.4 is 16.6 Å². The quantitative estimate of drug-likeness (QED) is 0.601. The van der Waals surface area contributed by atoms with Crippen molar-refractivity contribution < 1.29 is 27.5 Å². The topological polar surface area (TPSA) is 121 Å². The van der Waals surface area contributed by atoms with Gasteiger partial charge < -0.3 is 21.1 Å². The summed E-state index contributed by atoms with van der Waals surface area (Å²) in [6.45, 7) is 0.421. The van der Waals surface area contributed by atoms with Gasteiger partial charge in [-0.2, -0.15) is 13.2 Å². The van der Waals surface area contributed by atoms with E-state index in [-0.39, 0.29) is 6.54 Å². The van der Waals surface area contributed by atoms with E-state index in [4.69, 9.17) is 5.73 Å². The van der Waals surface area contributed by atoms with Crippen LogP contribution in [0.25, 0.3) is 0 Å². The van der Waals surface area contributed by atoms with Crippen LogP contribution in [0.3, 0.4) is 0 Å². The minimum atomic E-state index is -4.97. The van der Waals surface area contributed by atoms with E-state index >= 15 is 0 Å². The van der Waals surface area contributed by atoms with E-state index in [1.165, 1.54) is 12.1 Å². The average Bonchev–Trinajstić information content (AvgIpc) is 2.55. The largest absolute Gasteiger partial charge is 0.501 e. The van der Waals surface area contributed by atoms with Gasteiger partial charge in [-0.25, -0.2) is 9.37 Å². The van der Waals surface area contributed by atoms with Crippen LogP contribution in [0.5, 0.6) is 5.75 Å².